The normalized spacial score (nSPS) is 10.4. The third-order valence-corrected chi connectivity index (χ3v) is 4.57. The molecule has 0 aliphatic heterocycles. The van der Waals surface area contributed by atoms with E-state index < -0.39 is 0 Å². The standard InChI is InChI=1S/C19H17Cl2N5O2/c1-2-28-19(27)11-6-8-12(9-7-11)25-17-16(22)18(24-10-23-17)26-14-5-3-4-13(20)15(14)21/h3-10H,2,22H2,1H3,(H2,23,24,25,26). The number of carbonyl (C=O) groups is 1. The molecule has 0 saturated carbocycles. The largest absolute Gasteiger partial charge is 0.462 e. The van der Waals surface area contributed by atoms with Crippen LogP contribution in [0, 0.1) is 0 Å². The number of aromatic nitrogens is 2. The molecule has 3 rings (SSSR count). The topological polar surface area (TPSA) is 102 Å². The lowest BCUT2D eigenvalue weighted by atomic mass is 10.2. The van der Waals surface area contributed by atoms with E-state index in [4.69, 9.17) is 33.7 Å². The van der Waals surface area contributed by atoms with Crippen molar-refractivity contribution in [3.05, 3.63) is 64.4 Å². The van der Waals surface area contributed by atoms with Crippen molar-refractivity contribution in [2.24, 2.45) is 0 Å². The maximum atomic E-state index is 11.7. The highest BCUT2D eigenvalue weighted by Crippen LogP contribution is 2.34. The number of nitrogens with two attached hydrogens (primary N) is 1. The molecule has 144 valence electrons. The second kappa shape index (κ2) is 8.77. The van der Waals surface area contributed by atoms with Crippen molar-refractivity contribution in [3.63, 3.8) is 0 Å². The van der Waals surface area contributed by atoms with Gasteiger partial charge in [-0.1, -0.05) is 29.3 Å². The molecule has 0 aliphatic rings. The SMILES string of the molecule is CCOC(=O)c1ccc(Nc2ncnc(Nc3cccc(Cl)c3Cl)c2N)cc1. The van der Waals surface area contributed by atoms with Gasteiger partial charge >= 0.3 is 5.97 Å². The van der Waals surface area contributed by atoms with Gasteiger partial charge in [0.1, 0.15) is 12.0 Å². The Kier molecular flexibility index (Phi) is 6.18. The summed E-state index contributed by atoms with van der Waals surface area (Å²) in [4.78, 5) is 20.0. The maximum absolute atomic E-state index is 11.7. The summed E-state index contributed by atoms with van der Waals surface area (Å²) in [6.45, 7) is 2.08. The van der Waals surface area contributed by atoms with Gasteiger partial charge in [-0.05, 0) is 43.3 Å². The average Bonchev–Trinajstić information content (AvgIpc) is 2.69. The highest BCUT2D eigenvalue weighted by molar-refractivity contribution is 6.43. The Morgan fingerprint density at radius 3 is 2.43 bits per heavy atom. The van der Waals surface area contributed by atoms with Crippen LogP contribution in [0.5, 0.6) is 0 Å². The van der Waals surface area contributed by atoms with Crippen molar-refractivity contribution >= 4 is 57.9 Å². The lowest BCUT2D eigenvalue weighted by molar-refractivity contribution is 0.0526. The first-order chi connectivity index (χ1) is 13.5. The zero-order valence-corrected chi connectivity index (χ0v) is 16.4. The summed E-state index contributed by atoms with van der Waals surface area (Å²) in [6.07, 6.45) is 1.37. The molecular weight excluding hydrogens is 401 g/mol. The lowest BCUT2D eigenvalue weighted by Gasteiger charge is -2.14. The molecule has 3 aromatic rings. The average molecular weight is 418 g/mol. The van der Waals surface area contributed by atoms with Gasteiger partial charge in [0.05, 0.1) is 27.9 Å². The Morgan fingerprint density at radius 1 is 1.07 bits per heavy atom. The predicted octanol–water partition coefficient (Wildman–Crippen LogP) is 5.03. The summed E-state index contributed by atoms with van der Waals surface area (Å²) in [5.41, 5.74) is 8.22. The number of benzene rings is 2. The Labute approximate surface area is 171 Å². The molecule has 1 aromatic heterocycles. The van der Waals surface area contributed by atoms with Gasteiger partial charge in [-0.15, -0.1) is 0 Å². The Bertz CT molecular complexity index is 996. The van der Waals surface area contributed by atoms with Crippen LogP contribution in [0.15, 0.2) is 48.8 Å². The molecule has 0 bridgehead atoms. The second-order valence-corrected chi connectivity index (χ2v) is 6.42. The van der Waals surface area contributed by atoms with Crippen LogP contribution in [-0.2, 0) is 4.74 Å². The number of esters is 1. The van der Waals surface area contributed by atoms with E-state index in [-0.39, 0.29) is 5.97 Å². The van der Waals surface area contributed by atoms with Crippen molar-refractivity contribution in [2.45, 2.75) is 6.92 Å². The van der Waals surface area contributed by atoms with Gasteiger partial charge in [0.15, 0.2) is 11.6 Å². The molecular formula is C19H17Cl2N5O2. The molecule has 4 N–H and O–H groups in total. The van der Waals surface area contributed by atoms with E-state index in [0.29, 0.717) is 50.9 Å². The highest BCUT2D eigenvalue weighted by Gasteiger charge is 2.12. The van der Waals surface area contributed by atoms with Crippen molar-refractivity contribution in [3.8, 4) is 0 Å². The zero-order valence-electron chi connectivity index (χ0n) is 14.9. The third-order valence-electron chi connectivity index (χ3n) is 3.75. The molecule has 0 radical (unpaired) electrons. The lowest BCUT2D eigenvalue weighted by Crippen LogP contribution is -2.06. The summed E-state index contributed by atoms with van der Waals surface area (Å²) in [7, 11) is 0. The Hall–Kier alpha value is -3.03. The van der Waals surface area contributed by atoms with Crippen molar-refractivity contribution in [1.82, 2.24) is 9.97 Å². The van der Waals surface area contributed by atoms with Crippen LogP contribution in [0.2, 0.25) is 10.0 Å². The minimum atomic E-state index is -0.375. The number of nitrogens with zero attached hydrogens (tertiary/aromatic N) is 2. The fourth-order valence-electron chi connectivity index (χ4n) is 2.36. The van der Waals surface area contributed by atoms with E-state index in [1.54, 1.807) is 49.4 Å². The maximum Gasteiger partial charge on any atom is 0.338 e. The van der Waals surface area contributed by atoms with E-state index in [1.165, 1.54) is 6.33 Å². The number of rotatable bonds is 6. The minimum Gasteiger partial charge on any atom is -0.462 e. The molecule has 0 aliphatic carbocycles. The molecule has 0 saturated heterocycles. The number of hydrogen-bond acceptors (Lipinski definition) is 7. The van der Waals surface area contributed by atoms with Gasteiger partial charge in [0, 0.05) is 5.69 Å². The number of anilines is 5. The number of ether oxygens (including phenoxy) is 1. The van der Waals surface area contributed by atoms with Gasteiger partial charge in [-0.2, -0.15) is 0 Å². The van der Waals surface area contributed by atoms with E-state index in [2.05, 4.69) is 20.6 Å². The number of nitrogen functional groups attached to an aromatic ring is 1. The summed E-state index contributed by atoms with van der Waals surface area (Å²) in [5, 5.41) is 6.93. The molecule has 0 atom stereocenters. The predicted molar refractivity (Wildman–Crippen MR) is 112 cm³/mol. The van der Waals surface area contributed by atoms with Crippen molar-refractivity contribution in [1.29, 1.82) is 0 Å². The number of nitrogens with one attached hydrogen (secondary N) is 2. The number of halogens is 2. The molecule has 2 aromatic carbocycles. The summed E-state index contributed by atoms with van der Waals surface area (Å²) < 4.78 is 4.97. The van der Waals surface area contributed by atoms with Crippen LogP contribution in [0.25, 0.3) is 0 Å². The van der Waals surface area contributed by atoms with E-state index in [9.17, 15) is 4.79 Å². The van der Waals surface area contributed by atoms with Crippen molar-refractivity contribution in [2.75, 3.05) is 23.0 Å². The molecule has 0 spiro atoms. The smallest absolute Gasteiger partial charge is 0.338 e. The first-order valence-corrected chi connectivity index (χ1v) is 9.11. The van der Waals surface area contributed by atoms with Gasteiger partial charge < -0.3 is 21.1 Å². The van der Waals surface area contributed by atoms with Crippen LogP contribution in [0.4, 0.5) is 28.7 Å². The molecule has 0 unspecified atom stereocenters. The van der Waals surface area contributed by atoms with Crippen LogP contribution >= 0.6 is 23.2 Å². The minimum absolute atomic E-state index is 0.299. The van der Waals surface area contributed by atoms with E-state index in [0.717, 1.165) is 0 Å². The Morgan fingerprint density at radius 2 is 1.75 bits per heavy atom. The number of carbonyl (C=O) groups excluding carboxylic acids is 1. The number of hydrogen-bond donors (Lipinski definition) is 3. The van der Waals surface area contributed by atoms with Gasteiger partial charge in [0.25, 0.3) is 0 Å². The van der Waals surface area contributed by atoms with E-state index in [1.807, 2.05) is 0 Å². The van der Waals surface area contributed by atoms with Crippen molar-refractivity contribution < 1.29 is 9.53 Å². The summed E-state index contributed by atoms with van der Waals surface area (Å²) in [6, 6.07) is 12.0. The van der Waals surface area contributed by atoms with Gasteiger partial charge in [0.2, 0.25) is 0 Å². The van der Waals surface area contributed by atoms with Gasteiger partial charge in [-0.25, -0.2) is 14.8 Å². The second-order valence-electron chi connectivity index (χ2n) is 5.63. The molecule has 9 heteroatoms. The highest BCUT2D eigenvalue weighted by atomic mass is 35.5. The first kappa shape index (κ1) is 19.7. The quantitative estimate of drug-likeness (QED) is 0.483. The zero-order chi connectivity index (χ0) is 20.1. The van der Waals surface area contributed by atoms with Crippen LogP contribution in [0.3, 0.4) is 0 Å². The molecule has 7 nitrogen and oxygen atoms in total. The van der Waals surface area contributed by atoms with Crippen LogP contribution < -0.4 is 16.4 Å². The Balaban J connectivity index is 1.79. The molecule has 28 heavy (non-hydrogen) atoms. The molecule has 0 fully saturated rings. The fraction of sp³-hybridized carbons (Fsp3) is 0.105. The first-order valence-electron chi connectivity index (χ1n) is 8.35. The van der Waals surface area contributed by atoms with Crippen LogP contribution in [0.1, 0.15) is 17.3 Å². The third kappa shape index (κ3) is 4.44. The molecule has 1 heterocycles. The summed E-state index contributed by atoms with van der Waals surface area (Å²) >= 11 is 12.2. The van der Waals surface area contributed by atoms with E-state index >= 15 is 0 Å². The molecule has 0 amide bonds. The fourth-order valence-corrected chi connectivity index (χ4v) is 2.71. The summed E-state index contributed by atoms with van der Waals surface area (Å²) in [5.74, 6) is 0.407. The van der Waals surface area contributed by atoms with Gasteiger partial charge in [-0.3, -0.25) is 0 Å². The monoisotopic (exact) mass is 417 g/mol. The van der Waals surface area contributed by atoms with Crippen LogP contribution in [-0.4, -0.2) is 22.5 Å².